The number of para-hydroxylation sites is 1. The number of sulfonamides is 1. The summed E-state index contributed by atoms with van der Waals surface area (Å²) in [5, 5.41) is 1.63. The molecule has 1 N–H and O–H groups in total. The zero-order chi connectivity index (χ0) is 13.9. The number of rotatable bonds is 4. The molecule has 0 saturated carbocycles. The highest BCUT2D eigenvalue weighted by Gasteiger charge is 2.21. The van der Waals surface area contributed by atoms with Gasteiger partial charge in [-0.15, -0.1) is 11.3 Å². The first-order valence-corrected chi connectivity index (χ1v) is 7.64. The van der Waals surface area contributed by atoms with Crippen LogP contribution in [0.25, 0.3) is 0 Å². The average molecular weight is 297 g/mol. The number of hydrogen-bond acceptors (Lipinski definition) is 5. The van der Waals surface area contributed by atoms with Crippen molar-refractivity contribution in [3.63, 3.8) is 0 Å². The van der Waals surface area contributed by atoms with Crippen LogP contribution in [-0.2, 0) is 10.0 Å². The lowest BCUT2D eigenvalue weighted by atomic mass is 10.2. The third kappa shape index (κ3) is 2.94. The van der Waals surface area contributed by atoms with Crippen molar-refractivity contribution in [3.05, 3.63) is 47.3 Å². The molecular weight excluding hydrogens is 286 g/mol. The SMILES string of the molecule is COc1ccccc1C(=O)NS(=O)(=O)c1cccs1. The minimum atomic E-state index is -3.83. The lowest BCUT2D eigenvalue weighted by Gasteiger charge is -2.08. The van der Waals surface area contributed by atoms with Gasteiger partial charge in [0.15, 0.2) is 0 Å². The number of amides is 1. The smallest absolute Gasteiger partial charge is 0.273 e. The third-order valence-electron chi connectivity index (χ3n) is 2.34. The van der Waals surface area contributed by atoms with Crippen LogP contribution >= 0.6 is 11.3 Å². The molecule has 0 unspecified atom stereocenters. The van der Waals surface area contributed by atoms with Gasteiger partial charge in [0.2, 0.25) is 0 Å². The van der Waals surface area contributed by atoms with Crippen molar-refractivity contribution in [2.75, 3.05) is 7.11 Å². The fourth-order valence-electron chi connectivity index (χ4n) is 1.48. The fourth-order valence-corrected chi connectivity index (χ4v) is 3.44. The Morgan fingerprint density at radius 3 is 2.58 bits per heavy atom. The van der Waals surface area contributed by atoms with Crippen LogP contribution < -0.4 is 9.46 Å². The van der Waals surface area contributed by atoms with Crippen molar-refractivity contribution in [2.45, 2.75) is 4.21 Å². The zero-order valence-corrected chi connectivity index (χ0v) is 11.6. The Morgan fingerprint density at radius 1 is 1.21 bits per heavy atom. The van der Waals surface area contributed by atoms with E-state index in [4.69, 9.17) is 4.74 Å². The van der Waals surface area contributed by atoms with E-state index in [0.717, 1.165) is 11.3 Å². The van der Waals surface area contributed by atoms with E-state index in [1.807, 2.05) is 4.72 Å². The summed E-state index contributed by atoms with van der Waals surface area (Å²) >= 11 is 1.04. The summed E-state index contributed by atoms with van der Waals surface area (Å²) in [7, 11) is -2.41. The first-order valence-electron chi connectivity index (χ1n) is 5.28. The Kier molecular flexibility index (Phi) is 3.87. The lowest BCUT2D eigenvalue weighted by Crippen LogP contribution is -2.30. The highest BCUT2D eigenvalue weighted by molar-refractivity contribution is 7.92. The van der Waals surface area contributed by atoms with Gasteiger partial charge in [-0.1, -0.05) is 18.2 Å². The normalized spacial score (nSPS) is 11.0. The van der Waals surface area contributed by atoms with Crippen molar-refractivity contribution < 1.29 is 17.9 Å². The molecule has 100 valence electrons. The largest absolute Gasteiger partial charge is 0.496 e. The van der Waals surface area contributed by atoms with Gasteiger partial charge in [0.1, 0.15) is 9.96 Å². The predicted octanol–water partition coefficient (Wildman–Crippen LogP) is 1.88. The van der Waals surface area contributed by atoms with Crippen LogP contribution in [0.15, 0.2) is 46.0 Å². The number of thiophene rings is 1. The second kappa shape index (κ2) is 5.41. The van der Waals surface area contributed by atoms with Crippen molar-refractivity contribution in [1.82, 2.24) is 4.72 Å². The maximum Gasteiger partial charge on any atom is 0.273 e. The molecule has 0 radical (unpaired) electrons. The molecule has 7 heteroatoms. The molecule has 0 saturated heterocycles. The maximum atomic E-state index is 12.0. The first kappa shape index (κ1) is 13.6. The minimum Gasteiger partial charge on any atom is -0.496 e. The van der Waals surface area contributed by atoms with Gasteiger partial charge in [0, 0.05) is 0 Å². The summed E-state index contributed by atoms with van der Waals surface area (Å²) in [4.78, 5) is 12.0. The Hall–Kier alpha value is -1.86. The summed E-state index contributed by atoms with van der Waals surface area (Å²) in [6.07, 6.45) is 0. The highest BCUT2D eigenvalue weighted by Crippen LogP contribution is 2.19. The molecule has 0 aliphatic rings. The van der Waals surface area contributed by atoms with Gasteiger partial charge in [0.25, 0.3) is 15.9 Å². The van der Waals surface area contributed by atoms with Gasteiger partial charge in [-0.3, -0.25) is 4.79 Å². The molecule has 0 atom stereocenters. The number of carbonyl (C=O) groups excluding carboxylic acids is 1. The van der Waals surface area contributed by atoms with E-state index < -0.39 is 15.9 Å². The zero-order valence-electron chi connectivity index (χ0n) is 9.99. The number of methoxy groups -OCH3 is 1. The summed E-state index contributed by atoms with van der Waals surface area (Å²) in [5.41, 5.74) is 0.171. The van der Waals surface area contributed by atoms with Crippen LogP contribution in [0.2, 0.25) is 0 Å². The van der Waals surface area contributed by atoms with Crippen molar-refractivity contribution in [1.29, 1.82) is 0 Å². The van der Waals surface area contributed by atoms with Crippen LogP contribution in [-0.4, -0.2) is 21.4 Å². The van der Waals surface area contributed by atoms with E-state index in [1.165, 1.54) is 19.2 Å². The number of nitrogens with one attached hydrogen (secondary N) is 1. The van der Waals surface area contributed by atoms with Gasteiger partial charge in [-0.05, 0) is 23.6 Å². The molecule has 1 aromatic heterocycles. The minimum absolute atomic E-state index is 0.0933. The molecule has 0 fully saturated rings. The van der Waals surface area contributed by atoms with E-state index in [1.54, 1.807) is 29.6 Å². The summed E-state index contributed by atoms with van der Waals surface area (Å²) < 4.78 is 31.0. The first-order chi connectivity index (χ1) is 9.04. The number of hydrogen-bond donors (Lipinski definition) is 1. The molecule has 5 nitrogen and oxygen atoms in total. The summed E-state index contributed by atoms with van der Waals surface area (Å²) in [6, 6.07) is 9.46. The lowest BCUT2D eigenvalue weighted by molar-refractivity contribution is 0.0978. The Morgan fingerprint density at radius 2 is 1.95 bits per heavy atom. The Bertz CT molecular complexity index is 678. The van der Waals surface area contributed by atoms with E-state index in [9.17, 15) is 13.2 Å². The second-order valence-corrected chi connectivity index (χ2v) is 6.42. The molecule has 2 rings (SSSR count). The fraction of sp³-hybridized carbons (Fsp3) is 0.0833. The van der Waals surface area contributed by atoms with Gasteiger partial charge in [0.05, 0.1) is 12.7 Å². The molecule has 0 aliphatic heterocycles. The van der Waals surface area contributed by atoms with Crippen LogP contribution in [0, 0.1) is 0 Å². The van der Waals surface area contributed by atoms with Crippen molar-refractivity contribution in [3.8, 4) is 5.75 Å². The molecular formula is C12H11NO4S2. The van der Waals surface area contributed by atoms with Gasteiger partial charge >= 0.3 is 0 Å². The quantitative estimate of drug-likeness (QED) is 0.935. The highest BCUT2D eigenvalue weighted by atomic mass is 32.2. The van der Waals surface area contributed by atoms with Gasteiger partial charge < -0.3 is 4.74 Å². The predicted molar refractivity (Wildman–Crippen MR) is 72.0 cm³/mol. The van der Waals surface area contributed by atoms with Gasteiger partial charge in [-0.2, -0.15) is 0 Å². The number of carbonyl (C=O) groups is 1. The molecule has 2 aromatic rings. The summed E-state index contributed by atoms with van der Waals surface area (Å²) in [5.74, 6) is -0.396. The average Bonchev–Trinajstić information content (AvgIpc) is 2.93. The molecule has 0 spiro atoms. The second-order valence-electron chi connectivity index (χ2n) is 3.57. The monoisotopic (exact) mass is 297 g/mol. The van der Waals surface area contributed by atoms with E-state index in [2.05, 4.69) is 0 Å². The maximum absolute atomic E-state index is 12.0. The van der Waals surface area contributed by atoms with Crippen LogP contribution in [0.1, 0.15) is 10.4 Å². The Labute approximate surface area is 114 Å². The van der Waals surface area contributed by atoms with Crippen molar-refractivity contribution >= 4 is 27.3 Å². The number of ether oxygens (including phenoxy) is 1. The molecule has 1 aromatic carbocycles. The van der Waals surface area contributed by atoms with Gasteiger partial charge in [-0.25, -0.2) is 13.1 Å². The van der Waals surface area contributed by atoms with Crippen molar-refractivity contribution in [2.24, 2.45) is 0 Å². The molecule has 0 bridgehead atoms. The van der Waals surface area contributed by atoms with E-state index in [0.29, 0.717) is 5.75 Å². The van der Waals surface area contributed by atoms with Crippen LogP contribution in [0.4, 0.5) is 0 Å². The molecule has 19 heavy (non-hydrogen) atoms. The van der Waals surface area contributed by atoms with Crippen LogP contribution in [0.5, 0.6) is 5.75 Å². The standard InChI is InChI=1S/C12H11NO4S2/c1-17-10-6-3-2-5-9(10)12(14)13-19(15,16)11-7-4-8-18-11/h2-8H,1H3,(H,13,14). The third-order valence-corrected chi connectivity index (χ3v) is 5.07. The Balaban J connectivity index is 2.27. The number of benzene rings is 1. The summed E-state index contributed by atoms with van der Waals surface area (Å²) in [6.45, 7) is 0. The van der Waals surface area contributed by atoms with Crippen LogP contribution in [0.3, 0.4) is 0 Å². The topological polar surface area (TPSA) is 72.5 Å². The van der Waals surface area contributed by atoms with E-state index >= 15 is 0 Å². The molecule has 1 heterocycles. The van der Waals surface area contributed by atoms with E-state index in [-0.39, 0.29) is 9.77 Å². The molecule has 0 aliphatic carbocycles. The molecule has 1 amide bonds.